The molecule has 0 saturated heterocycles. The largest absolute Gasteiger partial charge is 0.378 e. The zero-order valence-corrected chi connectivity index (χ0v) is 8.39. The van der Waals surface area contributed by atoms with Gasteiger partial charge in [-0.25, -0.2) is 0 Å². The Morgan fingerprint density at radius 2 is 2.00 bits per heavy atom. The third-order valence-corrected chi connectivity index (χ3v) is 2.70. The molecule has 2 rings (SSSR count). The molecule has 0 saturated carbocycles. The summed E-state index contributed by atoms with van der Waals surface area (Å²) in [6.07, 6.45) is 4.39. The topological polar surface area (TPSA) is 12.0 Å². The highest BCUT2D eigenvalue weighted by Crippen LogP contribution is 2.28. The number of hydrogen-bond donors (Lipinski definition) is 1. The van der Waals surface area contributed by atoms with E-state index in [2.05, 4.69) is 50.4 Å². The van der Waals surface area contributed by atoms with Gasteiger partial charge in [0.15, 0.2) is 0 Å². The van der Waals surface area contributed by atoms with E-state index in [1.54, 1.807) is 0 Å². The van der Waals surface area contributed by atoms with E-state index in [-0.39, 0.29) is 0 Å². The number of aryl methyl sites for hydroxylation is 1. The lowest BCUT2D eigenvalue weighted by molar-refractivity contribution is 0.986. The van der Waals surface area contributed by atoms with Gasteiger partial charge in [-0.3, -0.25) is 0 Å². The van der Waals surface area contributed by atoms with E-state index < -0.39 is 0 Å². The van der Waals surface area contributed by atoms with Crippen molar-refractivity contribution < 1.29 is 0 Å². The van der Waals surface area contributed by atoms with Crippen LogP contribution in [-0.2, 0) is 0 Å². The molecule has 0 radical (unpaired) electrons. The molecule has 0 aromatic heterocycles. The Bertz CT molecular complexity index is 364. The van der Waals surface area contributed by atoms with E-state index in [1.165, 1.54) is 22.4 Å². The molecule has 68 valence electrons. The van der Waals surface area contributed by atoms with E-state index in [9.17, 15) is 0 Å². The van der Waals surface area contributed by atoms with Gasteiger partial charge in [0, 0.05) is 11.7 Å². The molecule has 1 aromatic carbocycles. The number of fused-ring (bicyclic) bond motifs is 1. The maximum Gasteiger partial charge on any atom is 0.0450 e. The van der Waals surface area contributed by atoms with Gasteiger partial charge >= 0.3 is 0 Å². The van der Waals surface area contributed by atoms with Crippen molar-refractivity contribution in [2.24, 2.45) is 0 Å². The van der Waals surface area contributed by atoms with Gasteiger partial charge < -0.3 is 5.32 Å². The zero-order chi connectivity index (χ0) is 9.42. The van der Waals surface area contributed by atoms with Crippen molar-refractivity contribution in [2.45, 2.75) is 26.8 Å². The molecule has 0 aliphatic carbocycles. The van der Waals surface area contributed by atoms with Gasteiger partial charge in [-0.15, -0.1) is 0 Å². The maximum atomic E-state index is 3.48. The van der Waals surface area contributed by atoms with Crippen LogP contribution in [0.1, 0.15) is 23.6 Å². The van der Waals surface area contributed by atoms with Crippen LogP contribution in [0.5, 0.6) is 0 Å². The Morgan fingerprint density at radius 1 is 1.23 bits per heavy atom. The fraction of sp³-hybridized carbons (Fsp3) is 0.333. The summed E-state index contributed by atoms with van der Waals surface area (Å²) in [4.78, 5) is 0. The third-order valence-electron chi connectivity index (χ3n) is 2.70. The first-order chi connectivity index (χ1) is 6.18. The van der Waals surface area contributed by atoms with Gasteiger partial charge in [-0.05, 0) is 37.5 Å². The molecular formula is C12H15N. The Balaban J connectivity index is 2.57. The number of anilines is 1. The Morgan fingerprint density at radius 3 is 2.77 bits per heavy atom. The van der Waals surface area contributed by atoms with E-state index in [0.717, 1.165) is 0 Å². The molecular weight excluding hydrogens is 158 g/mol. The Labute approximate surface area is 79.5 Å². The van der Waals surface area contributed by atoms with Gasteiger partial charge in [0.05, 0.1) is 0 Å². The van der Waals surface area contributed by atoms with Crippen LogP contribution in [0, 0.1) is 13.8 Å². The van der Waals surface area contributed by atoms with Crippen molar-refractivity contribution in [3.63, 3.8) is 0 Å². The first-order valence-corrected chi connectivity index (χ1v) is 4.73. The minimum atomic E-state index is 0.452. The summed E-state index contributed by atoms with van der Waals surface area (Å²) >= 11 is 0. The highest BCUT2D eigenvalue weighted by Gasteiger charge is 2.11. The molecule has 1 unspecified atom stereocenters. The summed E-state index contributed by atoms with van der Waals surface area (Å²) in [7, 11) is 0. The first-order valence-electron chi connectivity index (χ1n) is 4.73. The summed E-state index contributed by atoms with van der Waals surface area (Å²) in [5.41, 5.74) is 5.33. The standard InChI is InChI=1S/C12H15N/c1-8-4-6-11-7-5-9(2)13-12(11)10(8)3/h4-7,9,13H,1-3H3. The average molecular weight is 173 g/mol. The van der Waals surface area contributed by atoms with Crippen LogP contribution >= 0.6 is 0 Å². The summed E-state index contributed by atoms with van der Waals surface area (Å²) < 4.78 is 0. The molecule has 1 aromatic rings. The van der Waals surface area contributed by atoms with Crippen molar-refractivity contribution in [3.05, 3.63) is 34.9 Å². The second-order valence-corrected chi connectivity index (χ2v) is 3.76. The lowest BCUT2D eigenvalue weighted by atomic mass is 9.99. The van der Waals surface area contributed by atoms with Gasteiger partial charge in [0.25, 0.3) is 0 Å². The third kappa shape index (κ3) is 1.35. The van der Waals surface area contributed by atoms with Crippen molar-refractivity contribution in [1.29, 1.82) is 0 Å². The first kappa shape index (κ1) is 8.36. The molecule has 0 amide bonds. The second-order valence-electron chi connectivity index (χ2n) is 3.76. The predicted molar refractivity (Wildman–Crippen MR) is 58.0 cm³/mol. The lowest BCUT2D eigenvalue weighted by Gasteiger charge is -2.22. The van der Waals surface area contributed by atoms with Gasteiger partial charge in [0.1, 0.15) is 0 Å². The SMILES string of the molecule is Cc1ccc2c(c1C)NC(C)C=C2. The summed E-state index contributed by atoms with van der Waals surface area (Å²) in [6.45, 7) is 6.49. The number of hydrogen-bond acceptors (Lipinski definition) is 1. The van der Waals surface area contributed by atoms with Crippen molar-refractivity contribution in [1.82, 2.24) is 0 Å². The predicted octanol–water partition coefficient (Wildman–Crippen LogP) is 3.13. The van der Waals surface area contributed by atoms with Crippen LogP contribution in [0.2, 0.25) is 0 Å². The van der Waals surface area contributed by atoms with Crippen molar-refractivity contribution in [3.8, 4) is 0 Å². The minimum absolute atomic E-state index is 0.452. The molecule has 1 heteroatoms. The summed E-state index contributed by atoms with van der Waals surface area (Å²) in [5, 5.41) is 3.48. The maximum absolute atomic E-state index is 3.48. The van der Waals surface area contributed by atoms with E-state index >= 15 is 0 Å². The number of nitrogens with one attached hydrogen (secondary N) is 1. The highest BCUT2D eigenvalue weighted by molar-refractivity contribution is 5.74. The molecule has 1 aliphatic rings. The molecule has 1 atom stereocenters. The average Bonchev–Trinajstić information content (AvgIpc) is 2.12. The molecule has 13 heavy (non-hydrogen) atoms. The van der Waals surface area contributed by atoms with Gasteiger partial charge in [0.2, 0.25) is 0 Å². The molecule has 0 fully saturated rings. The van der Waals surface area contributed by atoms with E-state index in [0.29, 0.717) is 6.04 Å². The second kappa shape index (κ2) is 2.91. The van der Waals surface area contributed by atoms with Crippen molar-refractivity contribution >= 4 is 11.8 Å². The number of rotatable bonds is 0. The fourth-order valence-electron chi connectivity index (χ4n) is 1.69. The van der Waals surface area contributed by atoms with E-state index in [1.807, 2.05) is 0 Å². The van der Waals surface area contributed by atoms with Crippen LogP contribution in [0.3, 0.4) is 0 Å². The van der Waals surface area contributed by atoms with Crippen LogP contribution in [0.25, 0.3) is 6.08 Å². The van der Waals surface area contributed by atoms with Crippen LogP contribution < -0.4 is 5.32 Å². The zero-order valence-electron chi connectivity index (χ0n) is 8.39. The normalized spacial score (nSPS) is 19.5. The molecule has 1 N–H and O–H groups in total. The van der Waals surface area contributed by atoms with Crippen LogP contribution in [0.4, 0.5) is 5.69 Å². The van der Waals surface area contributed by atoms with Crippen LogP contribution in [0.15, 0.2) is 18.2 Å². The van der Waals surface area contributed by atoms with Gasteiger partial charge in [-0.2, -0.15) is 0 Å². The smallest absolute Gasteiger partial charge is 0.0450 e. The summed E-state index contributed by atoms with van der Waals surface area (Å²) in [5.74, 6) is 0. The Hall–Kier alpha value is -1.24. The Kier molecular flexibility index (Phi) is 1.87. The van der Waals surface area contributed by atoms with Crippen LogP contribution in [-0.4, -0.2) is 6.04 Å². The monoisotopic (exact) mass is 173 g/mol. The van der Waals surface area contributed by atoms with Crippen molar-refractivity contribution in [2.75, 3.05) is 5.32 Å². The molecule has 0 spiro atoms. The minimum Gasteiger partial charge on any atom is -0.378 e. The molecule has 1 heterocycles. The molecule has 0 bridgehead atoms. The number of benzene rings is 1. The quantitative estimate of drug-likeness (QED) is 0.635. The highest BCUT2D eigenvalue weighted by atomic mass is 14.9. The fourth-order valence-corrected chi connectivity index (χ4v) is 1.69. The molecule has 1 nitrogen and oxygen atoms in total. The van der Waals surface area contributed by atoms with E-state index in [4.69, 9.17) is 0 Å². The van der Waals surface area contributed by atoms with Gasteiger partial charge in [-0.1, -0.05) is 24.3 Å². The lowest BCUT2D eigenvalue weighted by Crippen LogP contribution is -2.17. The molecule has 1 aliphatic heterocycles. The summed E-state index contributed by atoms with van der Waals surface area (Å²) in [6, 6.07) is 4.80.